The number of tetrazole rings is 1. The predicted molar refractivity (Wildman–Crippen MR) is 159 cm³/mol. The molecule has 1 N–H and O–H groups in total. The fourth-order valence-corrected chi connectivity index (χ4v) is 5.95. The first-order valence-electron chi connectivity index (χ1n) is 13.9. The van der Waals surface area contributed by atoms with Crippen molar-refractivity contribution in [3.8, 4) is 0 Å². The van der Waals surface area contributed by atoms with Crippen LogP contribution in [0, 0.1) is 27.7 Å². The van der Waals surface area contributed by atoms with E-state index in [9.17, 15) is 4.79 Å². The van der Waals surface area contributed by atoms with Gasteiger partial charge >= 0.3 is 0 Å². The molecule has 0 saturated carbocycles. The van der Waals surface area contributed by atoms with E-state index in [4.69, 9.17) is 0 Å². The minimum Gasteiger partial charge on any atom is -0.369 e. The van der Waals surface area contributed by atoms with Gasteiger partial charge in [-0.05, 0) is 84.1 Å². The van der Waals surface area contributed by atoms with Crippen molar-refractivity contribution in [1.29, 1.82) is 0 Å². The summed E-state index contributed by atoms with van der Waals surface area (Å²) >= 11 is 0. The number of fused-ring (bicyclic) bond motifs is 1. The molecule has 3 heterocycles. The number of nitrogens with one attached hydrogen (secondary N) is 1. The monoisotopic (exact) mass is 533 g/mol. The molecule has 6 rings (SSSR count). The molecule has 204 valence electrons. The average Bonchev–Trinajstić information content (AvgIpc) is 3.39. The molecule has 1 saturated heterocycles. The Balaban J connectivity index is 1.41. The van der Waals surface area contributed by atoms with Gasteiger partial charge in [-0.1, -0.05) is 48.5 Å². The Morgan fingerprint density at radius 1 is 0.850 bits per heavy atom. The van der Waals surface area contributed by atoms with E-state index < -0.39 is 0 Å². The Kier molecular flexibility index (Phi) is 6.94. The number of aromatic nitrogens is 5. The van der Waals surface area contributed by atoms with Crippen molar-refractivity contribution < 1.29 is 0 Å². The minimum absolute atomic E-state index is 0.103. The van der Waals surface area contributed by atoms with Gasteiger partial charge in [0.1, 0.15) is 6.04 Å². The Morgan fingerprint density at radius 2 is 1.62 bits per heavy atom. The molecule has 1 fully saturated rings. The standard InChI is InChI=1S/C32H35N7O/c1-21-10-11-23(3)29(18-21)37-12-14-38(15-13-37)30(31-34-35-36-39(31)20-25-8-6-5-7-9-25)27-19-26-24(4)16-22(2)17-28(26)33-32(27)40/h5-11,16-19,30H,12-15,20H2,1-4H3,(H,33,40). The number of hydrogen-bond donors (Lipinski definition) is 1. The molecule has 5 aromatic rings. The van der Waals surface area contributed by atoms with Crippen molar-refractivity contribution in [1.82, 2.24) is 30.1 Å². The van der Waals surface area contributed by atoms with Gasteiger partial charge in [-0.25, -0.2) is 4.68 Å². The lowest BCUT2D eigenvalue weighted by Gasteiger charge is -2.40. The van der Waals surface area contributed by atoms with Gasteiger partial charge in [0.05, 0.1) is 6.54 Å². The van der Waals surface area contributed by atoms with Crippen LogP contribution in [0.3, 0.4) is 0 Å². The van der Waals surface area contributed by atoms with Gasteiger partial charge in [0.2, 0.25) is 0 Å². The Morgan fingerprint density at radius 3 is 2.40 bits per heavy atom. The van der Waals surface area contributed by atoms with Crippen molar-refractivity contribution in [2.24, 2.45) is 0 Å². The second kappa shape index (κ2) is 10.7. The van der Waals surface area contributed by atoms with Gasteiger partial charge in [-0.2, -0.15) is 0 Å². The number of pyridine rings is 1. The molecule has 40 heavy (non-hydrogen) atoms. The molecule has 0 amide bonds. The highest BCUT2D eigenvalue weighted by molar-refractivity contribution is 5.83. The van der Waals surface area contributed by atoms with Crippen LogP contribution < -0.4 is 10.5 Å². The Labute approximate surface area is 234 Å². The van der Waals surface area contributed by atoms with Crippen LogP contribution in [0.15, 0.2) is 71.5 Å². The summed E-state index contributed by atoms with van der Waals surface area (Å²) in [7, 11) is 0. The highest BCUT2D eigenvalue weighted by atomic mass is 16.1. The summed E-state index contributed by atoms with van der Waals surface area (Å²) in [6.45, 7) is 12.2. The van der Waals surface area contributed by atoms with E-state index in [-0.39, 0.29) is 11.6 Å². The number of anilines is 1. The molecule has 2 aromatic heterocycles. The second-order valence-corrected chi connectivity index (χ2v) is 11.0. The molecule has 1 aliphatic heterocycles. The molecule has 3 aromatic carbocycles. The lowest BCUT2D eigenvalue weighted by Crippen LogP contribution is -2.49. The summed E-state index contributed by atoms with van der Waals surface area (Å²) in [6, 6.07) is 22.6. The van der Waals surface area contributed by atoms with E-state index in [0.717, 1.165) is 53.8 Å². The third-order valence-corrected chi connectivity index (χ3v) is 8.00. The van der Waals surface area contributed by atoms with Crippen molar-refractivity contribution in [3.05, 3.63) is 116 Å². The summed E-state index contributed by atoms with van der Waals surface area (Å²) in [5, 5.41) is 14.0. The van der Waals surface area contributed by atoms with Crippen molar-refractivity contribution in [3.63, 3.8) is 0 Å². The topological polar surface area (TPSA) is 82.9 Å². The zero-order valence-electron chi connectivity index (χ0n) is 23.6. The average molecular weight is 534 g/mol. The van der Waals surface area contributed by atoms with Crippen LogP contribution in [-0.4, -0.2) is 56.3 Å². The number of hydrogen-bond acceptors (Lipinski definition) is 6. The first-order chi connectivity index (χ1) is 19.4. The smallest absolute Gasteiger partial charge is 0.253 e. The highest BCUT2D eigenvalue weighted by Gasteiger charge is 2.33. The minimum atomic E-state index is -0.381. The number of aromatic amines is 1. The van der Waals surface area contributed by atoms with E-state index in [0.29, 0.717) is 17.9 Å². The van der Waals surface area contributed by atoms with E-state index in [1.807, 2.05) is 35.0 Å². The van der Waals surface area contributed by atoms with Crippen LogP contribution in [0.1, 0.15) is 45.2 Å². The number of nitrogens with zero attached hydrogens (tertiary/aromatic N) is 6. The molecule has 1 atom stereocenters. The molecule has 8 nitrogen and oxygen atoms in total. The number of aryl methyl sites for hydroxylation is 4. The summed E-state index contributed by atoms with van der Waals surface area (Å²) in [4.78, 5) is 21.7. The maximum atomic E-state index is 13.7. The fraction of sp³-hybridized carbons (Fsp3) is 0.312. The molecule has 0 aliphatic carbocycles. The van der Waals surface area contributed by atoms with E-state index in [1.165, 1.54) is 16.8 Å². The highest BCUT2D eigenvalue weighted by Crippen LogP contribution is 2.31. The van der Waals surface area contributed by atoms with Crippen LogP contribution in [0.5, 0.6) is 0 Å². The summed E-state index contributed by atoms with van der Waals surface area (Å²) < 4.78 is 1.84. The van der Waals surface area contributed by atoms with Crippen LogP contribution in [-0.2, 0) is 6.54 Å². The van der Waals surface area contributed by atoms with Gasteiger partial charge in [-0.3, -0.25) is 9.69 Å². The predicted octanol–water partition coefficient (Wildman–Crippen LogP) is 4.71. The molecule has 8 heteroatoms. The maximum Gasteiger partial charge on any atom is 0.253 e. The zero-order valence-corrected chi connectivity index (χ0v) is 23.6. The molecule has 1 unspecified atom stereocenters. The molecule has 0 spiro atoms. The first-order valence-corrected chi connectivity index (χ1v) is 13.9. The van der Waals surface area contributed by atoms with Gasteiger partial charge < -0.3 is 9.88 Å². The summed E-state index contributed by atoms with van der Waals surface area (Å²) in [5.41, 5.74) is 8.60. The second-order valence-electron chi connectivity index (χ2n) is 11.0. The summed E-state index contributed by atoms with van der Waals surface area (Å²) in [6.07, 6.45) is 0. The first kappa shape index (κ1) is 26.0. The van der Waals surface area contributed by atoms with Gasteiger partial charge in [0, 0.05) is 48.3 Å². The number of rotatable bonds is 6. The van der Waals surface area contributed by atoms with Gasteiger partial charge in [0.25, 0.3) is 5.56 Å². The van der Waals surface area contributed by atoms with Crippen LogP contribution in [0.25, 0.3) is 10.9 Å². The lowest BCUT2D eigenvalue weighted by atomic mass is 9.99. The van der Waals surface area contributed by atoms with Gasteiger partial charge in [-0.15, -0.1) is 5.10 Å². The molecule has 1 aliphatic rings. The number of benzene rings is 3. The SMILES string of the molecule is Cc1ccc(C)c(N2CCN(C(c3cc4c(C)cc(C)cc4[nH]c3=O)c3nnnn3Cc3ccccc3)CC2)c1. The van der Waals surface area contributed by atoms with E-state index in [2.05, 4.69) is 94.4 Å². The number of H-pyrrole nitrogens is 1. The Bertz CT molecular complexity index is 1720. The molecular formula is C32H35N7O. The van der Waals surface area contributed by atoms with Gasteiger partial charge in [0.15, 0.2) is 5.82 Å². The van der Waals surface area contributed by atoms with Crippen molar-refractivity contribution in [2.75, 3.05) is 31.1 Å². The third-order valence-electron chi connectivity index (χ3n) is 8.00. The largest absolute Gasteiger partial charge is 0.369 e. The molecule has 0 radical (unpaired) electrons. The van der Waals surface area contributed by atoms with Crippen molar-refractivity contribution in [2.45, 2.75) is 40.3 Å². The summed E-state index contributed by atoms with van der Waals surface area (Å²) in [5.74, 6) is 0.679. The zero-order chi connectivity index (χ0) is 27.8. The Hall–Kier alpha value is -4.30. The van der Waals surface area contributed by atoms with Crippen LogP contribution >= 0.6 is 0 Å². The maximum absolute atomic E-state index is 13.7. The molecular weight excluding hydrogens is 498 g/mol. The van der Waals surface area contributed by atoms with E-state index in [1.54, 1.807) is 0 Å². The molecule has 0 bridgehead atoms. The lowest BCUT2D eigenvalue weighted by molar-refractivity contribution is 0.200. The fourth-order valence-electron chi connectivity index (χ4n) is 5.95. The van der Waals surface area contributed by atoms with Crippen LogP contribution in [0.4, 0.5) is 5.69 Å². The third kappa shape index (κ3) is 5.02. The number of piperazine rings is 1. The van der Waals surface area contributed by atoms with Crippen molar-refractivity contribution >= 4 is 16.6 Å². The van der Waals surface area contributed by atoms with Crippen LogP contribution in [0.2, 0.25) is 0 Å². The van der Waals surface area contributed by atoms with E-state index >= 15 is 0 Å². The quantitative estimate of drug-likeness (QED) is 0.341. The normalized spacial score (nSPS) is 15.1.